The standard InChI is InChI=1S/C23H25N3O3S/c1-25-10-12-26(13-11-25)23-24-22(27)21(30-23)15-18-8-9-19(20(14-18)28-2)29-16-17-6-4-3-5-7-17/h3-9,14-15H,10-13,16H2,1-2H3. The number of aliphatic imine (C=N–C) groups is 1. The van der Waals surface area contributed by atoms with Crippen LogP contribution in [0.4, 0.5) is 0 Å². The maximum absolute atomic E-state index is 12.4. The zero-order valence-corrected chi connectivity index (χ0v) is 18.0. The highest BCUT2D eigenvalue weighted by atomic mass is 32.2. The molecular formula is C23H25N3O3S. The van der Waals surface area contributed by atoms with Gasteiger partial charge in [0, 0.05) is 26.2 Å². The average molecular weight is 424 g/mol. The molecule has 7 heteroatoms. The van der Waals surface area contributed by atoms with Crippen LogP contribution < -0.4 is 9.47 Å². The first-order valence-corrected chi connectivity index (χ1v) is 10.7. The van der Waals surface area contributed by atoms with Gasteiger partial charge in [0.25, 0.3) is 5.91 Å². The third-order valence-electron chi connectivity index (χ3n) is 5.11. The molecule has 0 radical (unpaired) electrons. The van der Waals surface area contributed by atoms with Gasteiger partial charge in [-0.15, -0.1) is 0 Å². The summed E-state index contributed by atoms with van der Waals surface area (Å²) in [6.07, 6.45) is 1.86. The van der Waals surface area contributed by atoms with E-state index in [1.807, 2.05) is 54.6 Å². The highest BCUT2D eigenvalue weighted by Gasteiger charge is 2.27. The van der Waals surface area contributed by atoms with Crippen LogP contribution >= 0.6 is 11.8 Å². The monoisotopic (exact) mass is 423 g/mol. The summed E-state index contributed by atoms with van der Waals surface area (Å²) in [7, 11) is 3.73. The van der Waals surface area contributed by atoms with Crippen molar-refractivity contribution in [2.75, 3.05) is 40.3 Å². The van der Waals surface area contributed by atoms with Crippen LogP contribution in [0, 0.1) is 0 Å². The second-order valence-corrected chi connectivity index (χ2v) is 8.29. The number of nitrogens with zero attached hydrogens (tertiary/aromatic N) is 3. The molecule has 30 heavy (non-hydrogen) atoms. The summed E-state index contributed by atoms with van der Waals surface area (Å²) in [5, 5.41) is 0.800. The van der Waals surface area contributed by atoms with Gasteiger partial charge in [-0.3, -0.25) is 4.79 Å². The highest BCUT2D eigenvalue weighted by Crippen LogP contribution is 2.33. The quantitative estimate of drug-likeness (QED) is 0.687. The van der Waals surface area contributed by atoms with Crippen LogP contribution in [0.2, 0.25) is 0 Å². The van der Waals surface area contributed by atoms with E-state index in [1.54, 1.807) is 7.11 Å². The molecule has 0 unspecified atom stereocenters. The van der Waals surface area contributed by atoms with Gasteiger partial charge in [-0.1, -0.05) is 36.4 Å². The van der Waals surface area contributed by atoms with Crippen LogP contribution in [0.5, 0.6) is 11.5 Å². The number of piperazine rings is 1. The first-order valence-electron chi connectivity index (χ1n) is 9.93. The van der Waals surface area contributed by atoms with Crippen LogP contribution in [-0.4, -0.2) is 61.2 Å². The molecule has 156 valence electrons. The van der Waals surface area contributed by atoms with Gasteiger partial charge in [0.1, 0.15) is 6.61 Å². The molecule has 0 saturated carbocycles. The van der Waals surface area contributed by atoms with E-state index in [9.17, 15) is 4.79 Å². The number of benzene rings is 2. The summed E-state index contributed by atoms with van der Waals surface area (Å²) in [4.78, 5) is 21.8. The van der Waals surface area contributed by atoms with Gasteiger partial charge in [0.05, 0.1) is 12.0 Å². The number of methoxy groups -OCH3 is 1. The van der Waals surface area contributed by atoms with Crippen molar-refractivity contribution in [3.63, 3.8) is 0 Å². The lowest BCUT2D eigenvalue weighted by atomic mass is 10.2. The largest absolute Gasteiger partial charge is 0.493 e. The van der Waals surface area contributed by atoms with Crippen LogP contribution in [0.3, 0.4) is 0 Å². The molecule has 0 aliphatic carbocycles. The Labute approximate surface area is 181 Å². The first-order chi connectivity index (χ1) is 14.6. The molecule has 2 aromatic carbocycles. The SMILES string of the molecule is COc1cc(C=C2SC(N3CCN(C)CC3)=NC2=O)ccc1OCc1ccccc1. The number of ether oxygens (including phenoxy) is 2. The van der Waals surface area contributed by atoms with E-state index in [0.29, 0.717) is 23.0 Å². The maximum Gasteiger partial charge on any atom is 0.286 e. The molecule has 6 nitrogen and oxygen atoms in total. The Kier molecular flexibility index (Phi) is 6.40. The molecule has 2 aliphatic rings. The number of thioether (sulfide) groups is 1. The molecule has 0 aromatic heterocycles. The Morgan fingerprint density at radius 1 is 1.07 bits per heavy atom. The lowest BCUT2D eigenvalue weighted by Gasteiger charge is -2.32. The number of likely N-dealkylation sites (N-methyl/N-ethyl adjacent to an activating group) is 1. The maximum atomic E-state index is 12.4. The molecule has 0 atom stereocenters. The number of rotatable bonds is 5. The third-order valence-corrected chi connectivity index (χ3v) is 6.15. The highest BCUT2D eigenvalue weighted by molar-refractivity contribution is 8.18. The summed E-state index contributed by atoms with van der Waals surface area (Å²) in [5.41, 5.74) is 1.97. The van der Waals surface area contributed by atoms with Crippen molar-refractivity contribution in [1.82, 2.24) is 9.80 Å². The predicted molar refractivity (Wildman–Crippen MR) is 121 cm³/mol. The molecular weight excluding hydrogens is 398 g/mol. The minimum Gasteiger partial charge on any atom is -0.493 e. The summed E-state index contributed by atoms with van der Waals surface area (Å²) in [6.45, 7) is 4.21. The van der Waals surface area contributed by atoms with Crippen molar-refractivity contribution < 1.29 is 14.3 Å². The Morgan fingerprint density at radius 3 is 2.57 bits per heavy atom. The van der Waals surface area contributed by atoms with E-state index in [0.717, 1.165) is 42.5 Å². The van der Waals surface area contributed by atoms with Gasteiger partial charge < -0.3 is 19.3 Å². The Balaban J connectivity index is 1.44. The van der Waals surface area contributed by atoms with Crippen molar-refractivity contribution in [3.05, 3.63) is 64.6 Å². The van der Waals surface area contributed by atoms with Crippen LogP contribution in [0.25, 0.3) is 6.08 Å². The normalized spacial score (nSPS) is 18.6. The van der Waals surface area contributed by atoms with E-state index in [-0.39, 0.29) is 5.91 Å². The van der Waals surface area contributed by atoms with E-state index >= 15 is 0 Å². The summed E-state index contributed by atoms with van der Waals surface area (Å²) < 4.78 is 11.4. The molecule has 2 aromatic rings. The van der Waals surface area contributed by atoms with Gasteiger partial charge in [-0.25, -0.2) is 0 Å². The molecule has 1 amide bonds. The van der Waals surface area contributed by atoms with Crippen molar-refractivity contribution in [2.45, 2.75) is 6.61 Å². The molecule has 2 heterocycles. The minimum absolute atomic E-state index is 0.183. The van der Waals surface area contributed by atoms with Gasteiger partial charge in [-0.05, 0) is 48.1 Å². The lowest BCUT2D eigenvalue weighted by molar-refractivity contribution is -0.113. The zero-order chi connectivity index (χ0) is 20.9. The van der Waals surface area contributed by atoms with Crippen molar-refractivity contribution in [2.24, 2.45) is 4.99 Å². The van der Waals surface area contributed by atoms with Crippen LogP contribution in [0.1, 0.15) is 11.1 Å². The summed E-state index contributed by atoms with van der Waals surface area (Å²) in [6, 6.07) is 15.7. The number of amidine groups is 1. The molecule has 1 saturated heterocycles. The fourth-order valence-corrected chi connectivity index (χ4v) is 4.28. The lowest BCUT2D eigenvalue weighted by Crippen LogP contribution is -2.46. The van der Waals surface area contributed by atoms with Crippen molar-refractivity contribution >= 4 is 28.9 Å². The fourth-order valence-electron chi connectivity index (χ4n) is 3.31. The van der Waals surface area contributed by atoms with E-state index < -0.39 is 0 Å². The third kappa shape index (κ3) is 4.86. The second kappa shape index (κ2) is 9.36. The number of hydrogen-bond acceptors (Lipinski definition) is 6. The smallest absolute Gasteiger partial charge is 0.286 e. The molecule has 0 N–H and O–H groups in total. The fraction of sp³-hybridized carbons (Fsp3) is 0.304. The number of amides is 1. The summed E-state index contributed by atoms with van der Waals surface area (Å²) >= 11 is 1.44. The van der Waals surface area contributed by atoms with Crippen LogP contribution in [-0.2, 0) is 11.4 Å². The Morgan fingerprint density at radius 2 is 1.83 bits per heavy atom. The number of carbonyl (C=O) groups excluding carboxylic acids is 1. The van der Waals surface area contributed by atoms with Gasteiger partial charge in [-0.2, -0.15) is 4.99 Å². The number of hydrogen-bond donors (Lipinski definition) is 0. The molecule has 0 spiro atoms. The summed E-state index contributed by atoms with van der Waals surface area (Å²) in [5.74, 6) is 1.12. The predicted octanol–water partition coefficient (Wildman–Crippen LogP) is 3.49. The first kappa shape index (κ1) is 20.5. The molecule has 2 aliphatic heterocycles. The van der Waals surface area contributed by atoms with Crippen LogP contribution in [0.15, 0.2) is 58.4 Å². The topological polar surface area (TPSA) is 54.4 Å². The molecule has 0 bridgehead atoms. The van der Waals surface area contributed by atoms with Gasteiger partial charge in [0.2, 0.25) is 0 Å². The molecule has 4 rings (SSSR count). The number of carbonyl (C=O) groups is 1. The van der Waals surface area contributed by atoms with Crippen molar-refractivity contribution in [3.8, 4) is 11.5 Å². The Hall–Kier alpha value is -2.77. The van der Waals surface area contributed by atoms with E-state index in [2.05, 4.69) is 21.8 Å². The minimum atomic E-state index is -0.183. The second-order valence-electron chi connectivity index (χ2n) is 7.29. The van der Waals surface area contributed by atoms with Gasteiger partial charge in [0.15, 0.2) is 16.7 Å². The average Bonchev–Trinajstić information content (AvgIpc) is 3.14. The van der Waals surface area contributed by atoms with E-state index in [1.165, 1.54) is 11.8 Å². The molecule has 1 fully saturated rings. The van der Waals surface area contributed by atoms with E-state index in [4.69, 9.17) is 9.47 Å². The van der Waals surface area contributed by atoms with Crippen molar-refractivity contribution in [1.29, 1.82) is 0 Å². The zero-order valence-electron chi connectivity index (χ0n) is 17.2. The van der Waals surface area contributed by atoms with Gasteiger partial charge >= 0.3 is 0 Å². The Bertz CT molecular complexity index is 967.